The van der Waals surface area contributed by atoms with Crippen molar-refractivity contribution in [1.82, 2.24) is 9.55 Å². The molecule has 2 aromatic carbocycles. The summed E-state index contributed by atoms with van der Waals surface area (Å²) < 4.78 is 14.0. The molecule has 0 spiro atoms. The Balaban J connectivity index is 1.80. The Morgan fingerprint density at radius 2 is 1.84 bits per heavy atom. The smallest absolute Gasteiger partial charge is 0.232 e. The SMILES string of the molecule is CCOc1nc(-c2cc3ccccc3o2)cc(-c2cn(CC)c3ccccc23)c1C#N. The van der Waals surface area contributed by atoms with Gasteiger partial charge in [-0.05, 0) is 38.1 Å². The van der Waals surface area contributed by atoms with Gasteiger partial charge < -0.3 is 13.7 Å². The van der Waals surface area contributed by atoms with E-state index in [0.29, 0.717) is 29.5 Å². The minimum absolute atomic E-state index is 0.325. The van der Waals surface area contributed by atoms with E-state index in [-0.39, 0.29) is 0 Å². The lowest BCUT2D eigenvalue weighted by Gasteiger charge is -2.11. The van der Waals surface area contributed by atoms with Gasteiger partial charge in [-0.15, -0.1) is 0 Å². The fraction of sp³-hybridized carbons (Fsp3) is 0.154. The molecule has 0 aliphatic heterocycles. The van der Waals surface area contributed by atoms with Crippen LogP contribution in [0.25, 0.3) is 44.5 Å². The number of hydrogen-bond acceptors (Lipinski definition) is 4. The summed E-state index contributed by atoms with van der Waals surface area (Å²) in [4.78, 5) is 4.65. The van der Waals surface area contributed by atoms with Gasteiger partial charge in [0.15, 0.2) is 5.76 Å². The minimum atomic E-state index is 0.325. The third kappa shape index (κ3) is 3.13. The highest BCUT2D eigenvalue weighted by atomic mass is 16.5. The van der Waals surface area contributed by atoms with E-state index in [2.05, 4.69) is 40.9 Å². The molecule has 5 nitrogen and oxygen atoms in total. The Bertz CT molecular complexity index is 1420. The number of nitrogens with zero attached hydrogens (tertiary/aromatic N) is 3. The summed E-state index contributed by atoms with van der Waals surface area (Å²) >= 11 is 0. The van der Waals surface area contributed by atoms with Crippen molar-refractivity contribution >= 4 is 21.9 Å². The molecule has 3 aromatic heterocycles. The second kappa shape index (κ2) is 7.66. The number of fused-ring (bicyclic) bond motifs is 2. The highest BCUT2D eigenvalue weighted by molar-refractivity contribution is 5.98. The molecule has 0 bridgehead atoms. The zero-order valence-electron chi connectivity index (χ0n) is 17.4. The maximum absolute atomic E-state index is 10.00. The van der Waals surface area contributed by atoms with E-state index >= 15 is 0 Å². The van der Waals surface area contributed by atoms with Crippen LogP contribution in [-0.4, -0.2) is 16.2 Å². The van der Waals surface area contributed by atoms with Crippen molar-refractivity contribution in [3.05, 3.63) is 72.4 Å². The fourth-order valence-electron chi connectivity index (χ4n) is 4.04. The van der Waals surface area contributed by atoms with Crippen LogP contribution in [0.5, 0.6) is 5.88 Å². The van der Waals surface area contributed by atoms with Gasteiger partial charge in [-0.1, -0.05) is 36.4 Å². The fourth-order valence-corrected chi connectivity index (χ4v) is 4.04. The monoisotopic (exact) mass is 407 g/mol. The lowest BCUT2D eigenvalue weighted by Crippen LogP contribution is -2.01. The van der Waals surface area contributed by atoms with Gasteiger partial charge in [0.25, 0.3) is 0 Å². The largest absolute Gasteiger partial charge is 0.477 e. The molecule has 0 amide bonds. The van der Waals surface area contributed by atoms with Crippen molar-refractivity contribution in [2.75, 3.05) is 6.61 Å². The van der Waals surface area contributed by atoms with Crippen molar-refractivity contribution in [1.29, 1.82) is 5.26 Å². The average molecular weight is 407 g/mol. The third-order valence-corrected chi connectivity index (χ3v) is 5.48. The molecule has 0 saturated heterocycles. The standard InChI is InChI=1S/C26H21N3O2/c1-3-29-16-21(18-10-6-7-11-23(18)29)19-14-22(28-26(30-4-2)20(19)15-27)25-13-17-9-5-8-12-24(17)31-25/h5-14,16H,3-4H2,1-2H3. The molecule has 0 radical (unpaired) electrons. The molecular formula is C26H21N3O2. The second-order valence-electron chi connectivity index (χ2n) is 7.27. The molecule has 0 aliphatic rings. The summed E-state index contributed by atoms with van der Waals surface area (Å²) in [7, 11) is 0. The van der Waals surface area contributed by atoms with Gasteiger partial charge in [-0.3, -0.25) is 0 Å². The van der Waals surface area contributed by atoms with Crippen molar-refractivity contribution in [3.8, 4) is 34.5 Å². The summed E-state index contributed by atoms with van der Waals surface area (Å²) in [6.45, 7) is 5.25. The van der Waals surface area contributed by atoms with Crippen LogP contribution in [0.15, 0.2) is 71.3 Å². The number of furan rings is 1. The maximum Gasteiger partial charge on any atom is 0.232 e. The van der Waals surface area contributed by atoms with E-state index in [0.717, 1.165) is 39.5 Å². The van der Waals surface area contributed by atoms with Crippen molar-refractivity contribution in [2.24, 2.45) is 0 Å². The zero-order valence-corrected chi connectivity index (χ0v) is 17.4. The number of rotatable bonds is 5. The number of benzene rings is 2. The first-order chi connectivity index (χ1) is 15.2. The van der Waals surface area contributed by atoms with Crippen LogP contribution in [-0.2, 0) is 6.54 Å². The van der Waals surface area contributed by atoms with Crippen molar-refractivity contribution in [3.63, 3.8) is 0 Å². The summed E-state index contributed by atoms with van der Waals surface area (Å²) in [6.07, 6.45) is 2.10. The Labute approximate surface area is 180 Å². The van der Waals surface area contributed by atoms with E-state index < -0.39 is 0 Å². The second-order valence-corrected chi connectivity index (χ2v) is 7.27. The maximum atomic E-state index is 10.00. The first kappa shape index (κ1) is 19.0. The van der Waals surface area contributed by atoms with Gasteiger partial charge in [0.2, 0.25) is 5.88 Å². The highest BCUT2D eigenvalue weighted by Gasteiger charge is 2.21. The Hall–Kier alpha value is -4.04. The van der Waals surface area contributed by atoms with Gasteiger partial charge in [0, 0.05) is 40.2 Å². The number of para-hydroxylation sites is 2. The van der Waals surface area contributed by atoms with E-state index in [9.17, 15) is 5.26 Å². The topological polar surface area (TPSA) is 64.0 Å². The summed E-state index contributed by atoms with van der Waals surface area (Å²) in [5.74, 6) is 0.971. The number of pyridine rings is 1. The van der Waals surface area contributed by atoms with Crippen LogP contribution >= 0.6 is 0 Å². The molecule has 0 fully saturated rings. The third-order valence-electron chi connectivity index (χ3n) is 5.48. The number of aromatic nitrogens is 2. The van der Waals surface area contributed by atoms with Crippen LogP contribution < -0.4 is 4.74 Å². The molecule has 5 rings (SSSR count). The highest BCUT2D eigenvalue weighted by Crippen LogP contribution is 2.39. The number of aryl methyl sites for hydroxylation is 1. The number of ether oxygens (including phenoxy) is 1. The average Bonchev–Trinajstić information content (AvgIpc) is 3.40. The van der Waals surface area contributed by atoms with E-state index in [1.54, 1.807) is 0 Å². The molecule has 0 N–H and O–H groups in total. The lowest BCUT2D eigenvalue weighted by atomic mass is 9.99. The number of nitriles is 1. The lowest BCUT2D eigenvalue weighted by molar-refractivity contribution is 0.326. The van der Waals surface area contributed by atoms with Crippen LogP contribution in [0, 0.1) is 11.3 Å². The Kier molecular flexibility index (Phi) is 4.68. The predicted molar refractivity (Wildman–Crippen MR) is 122 cm³/mol. The van der Waals surface area contributed by atoms with Gasteiger partial charge in [-0.2, -0.15) is 5.26 Å². The minimum Gasteiger partial charge on any atom is -0.477 e. The molecular weight excluding hydrogens is 386 g/mol. The molecule has 0 saturated carbocycles. The first-order valence-corrected chi connectivity index (χ1v) is 10.4. The molecule has 0 aliphatic carbocycles. The molecule has 0 atom stereocenters. The Morgan fingerprint density at radius 1 is 1.03 bits per heavy atom. The molecule has 5 heteroatoms. The van der Waals surface area contributed by atoms with Crippen LogP contribution in [0.2, 0.25) is 0 Å². The molecule has 0 unspecified atom stereocenters. The molecule has 152 valence electrons. The first-order valence-electron chi connectivity index (χ1n) is 10.4. The van der Waals surface area contributed by atoms with Gasteiger partial charge >= 0.3 is 0 Å². The summed E-state index contributed by atoms with van der Waals surface area (Å²) in [5, 5.41) is 12.1. The quantitative estimate of drug-likeness (QED) is 0.338. The molecule has 3 heterocycles. The van der Waals surface area contributed by atoms with Gasteiger partial charge in [0.1, 0.15) is 22.9 Å². The van der Waals surface area contributed by atoms with E-state index in [1.807, 2.05) is 55.5 Å². The summed E-state index contributed by atoms with van der Waals surface area (Å²) in [6, 6.07) is 22.3. The molecule has 5 aromatic rings. The van der Waals surface area contributed by atoms with Gasteiger partial charge in [0.05, 0.1) is 6.61 Å². The van der Waals surface area contributed by atoms with E-state index in [1.165, 1.54) is 0 Å². The van der Waals surface area contributed by atoms with Crippen LogP contribution in [0.3, 0.4) is 0 Å². The van der Waals surface area contributed by atoms with Crippen LogP contribution in [0.1, 0.15) is 19.4 Å². The van der Waals surface area contributed by atoms with Crippen LogP contribution in [0.4, 0.5) is 0 Å². The molecule has 31 heavy (non-hydrogen) atoms. The zero-order chi connectivity index (χ0) is 21.4. The van der Waals surface area contributed by atoms with Crippen molar-refractivity contribution < 1.29 is 9.15 Å². The predicted octanol–water partition coefficient (Wildman–Crippen LogP) is 6.41. The summed E-state index contributed by atoms with van der Waals surface area (Å²) in [5.41, 5.74) is 4.77. The van der Waals surface area contributed by atoms with Crippen molar-refractivity contribution in [2.45, 2.75) is 20.4 Å². The number of hydrogen-bond donors (Lipinski definition) is 0. The van der Waals surface area contributed by atoms with Gasteiger partial charge in [-0.25, -0.2) is 4.98 Å². The normalized spacial score (nSPS) is 11.1. The Morgan fingerprint density at radius 3 is 2.61 bits per heavy atom. The van der Waals surface area contributed by atoms with E-state index in [4.69, 9.17) is 9.15 Å².